The van der Waals surface area contributed by atoms with Crippen molar-refractivity contribution in [3.8, 4) is 0 Å². The summed E-state index contributed by atoms with van der Waals surface area (Å²) in [6, 6.07) is 4.39. The first-order valence-corrected chi connectivity index (χ1v) is 8.59. The van der Waals surface area contributed by atoms with Crippen molar-refractivity contribution in [2.75, 3.05) is 23.8 Å². The van der Waals surface area contributed by atoms with E-state index in [1.165, 1.54) is 17.9 Å². The second kappa shape index (κ2) is 6.82. The third-order valence-electron chi connectivity index (χ3n) is 2.55. The molecule has 98 valence electrons. The van der Waals surface area contributed by atoms with Gasteiger partial charge in [0.05, 0.1) is 5.56 Å². The lowest BCUT2D eigenvalue weighted by atomic mass is 10.2. The lowest BCUT2D eigenvalue weighted by Gasteiger charge is -2.21. The van der Waals surface area contributed by atoms with Crippen LogP contribution in [0.5, 0.6) is 0 Å². The lowest BCUT2D eigenvalue weighted by Crippen LogP contribution is -2.33. The van der Waals surface area contributed by atoms with E-state index in [0.717, 1.165) is 11.5 Å². The largest absolute Gasteiger partial charge is 0.351 e. The maximum Gasteiger partial charge on any atom is 0.254 e. The van der Waals surface area contributed by atoms with Gasteiger partial charge in [-0.3, -0.25) is 4.79 Å². The van der Waals surface area contributed by atoms with E-state index >= 15 is 0 Å². The molecule has 1 aromatic carbocycles. The van der Waals surface area contributed by atoms with E-state index in [1.807, 2.05) is 23.5 Å². The fraction of sp³-hybridized carbons (Fsp3) is 0.417. The van der Waals surface area contributed by atoms with Crippen molar-refractivity contribution in [2.24, 2.45) is 0 Å². The minimum Gasteiger partial charge on any atom is -0.351 e. The Bertz CT molecular complexity index is 438. The summed E-state index contributed by atoms with van der Waals surface area (Å²) < 4.78 is 14.2. The molecule has 18 heavy (non-hydrogen) atoms. The van der Waals surface area contributed by atoms with Crippen LogP contribution in [0.3, 0.4) is 0 Å². The molecular formula is C12H13BrFNOS2. The molecule has 1 saturated heterocycles. The Hall–Kier alpha value is -0.200. The van der Waals surface area contributed by atoms with Gasteiger partial charge < -0.3 is 5.32 Å². The summed E-state index contributed by atoms with van der Waals surface area (Å²) >= 11 is 7.01. The second-order valence-corrected chi connectivity index (χ2v) is 7.38. The molecule has 0 radical (unpaired) electrons. The molecule has 1 unspecified atom stereocenters. The van der Waals surface area contributed by atoms with Crippen LogP contribution in [0.25, 0.3) is 0 Å². The molecule has 0 aromatic heterocycles. The third-order valence-corrected chi connectivity index (χ3v) is 5.89. The number of carbonyl (C=O) groups excluding carboxylic acids is 1. The van der Waals surface area contributed by atoms with Crippen LogP contribution < -0.4 is 5.32 Å². The van der Waals surface area contributed by atoms with Gasteiger partial charge >= 0.3 is 0 Å². The topological polar surface area (TPSA) is 29.1 Å². The van der Waals surface area contributed by atoms with Gasteiger partial charge in [-0.2, -0.15) is 23.5 Å². The summed E-state index contributed by atoms with van der Waals surface area (Å²) in [5.41, 5.74) is 0.0952. The van der Waals surface area contributed by atoms with E-state index in [1.54, 1.807) is 6.07 Å². The van der Waals surface area contributed by atoms with Gasteiger partial charge in [0.2, 0.25) is 0 Å². The molecule has 2 nitrogen and oxygen atoms in total. The Morgan fingerprint density at radius 1 is 1.50 bits per heavy atom. The number of nitrogens with one attached hydrogen (secondary N) is 1. The fourth-order valence-electron chi connectivity index (χ4n) is 1.63. The smallest absolute Gasteiger partial charge is 0.254 e. The average Bonchev–Trinajstić information content (AvgIpc) is 2.40. The van der Waals surface area contributed by atoms with E-state index in [2.05, 4.69) is 21.2 Å². The Kier molecular flexibility index (Phi) is 5.38. The molecule has 0 bridgehead atoms. The van der Waals surface area contributed by atoms with Gasteiger partial charge in [0, 0.05) is 33.5 Å². The van der Waals surface area contributed by atoms with Gasteiger partial charge in [-0.15, -0.1) is 0 Å². The van der Waals surface area contributed by atoms with Crippen molar-refractivity contribution in [3.63, 3.8) is 0 Å². The predicted octanol–water partition coefficient (Wildman–Crippen LogP) is 3.17. The first-order chi connectivity index (χ1) is 8.66. The molecule has 0 aliphatic carbocycles. The zero-order chi connectivity index (χ0) is 13.0. The number of rotatable bonds is 3. The standard InChI is InChI=1S/C12H13BrFNOS2/c13-8-1-2-11(14)10(5-8)12(16)15-6-9-7-17-3-4-18-9/h1-2,5,9H,3-4,6-7H2,(H,15,16). The fourth-order valence-corrected chi connectivity index (χ4v) is 4.60. The van der Waals surface area contributed by atoms with Crippen LogP contribution in [0.2, 0.25) is 0 Å². The quantitative estimate of drug-likeness (QED) is 0.908. The number of benzene rings is 1. The highest BCUT2D eigenvalue weighted by molar-refractivity contribution is 9.10. The van der Waals surface area contributed by atoms with Crippen molar-refractivity contribution in [3.05, 3.63) is 34.1 Å². The molecule has 0 spiro atoms. The Balaban J connectivity index is 1.92. The Labute approximate surface area is 123 Å². The summed E-state index contributed by atoms with van der Waals surface area (Å²) in [4.78, 5) is 11.9. The minimum absolute atomic E-state index is 0.0952. The summed E-state index contributed by atoms with van der Waals surface area (Å²) in [6.07, 6.45) is 0. The number of hydrogen-bond donors (Lipinski definition) is 1. The van der Waals surface area contributed by atoms with Crippen LogP contribution in [0.4, 0.5) is 4.39 Å². The number of amides is 1. The van der Waals surface area contributed by atoms with E-state index in [9.17, 15) is 9.18 Å². The van der Waals surface area contributed by atoms with E-state index in [4.69, 9.17) is 0 Å². The Morgan fingerprint density at radius 2 is 2.33 bits per heavy atom. The summed E-state index contributed by atoms with van der Waals surface area (Å²) in [7, 11) is 0. The van der Waals surface area contributed by atoms with Crippen LogP contribution >= 0.6 is 39.5 Å². The van der Waals surface area contributed by atoms with Gasteiger partial charge in [-0.05, 0) is 18.2 Å². The van der Waals surface area contributed by atoms with Crippen molar-refractivity contribution in [1.82, 2.24) is 5.32 Å². The molecule has 1 fully saturated rings. The van der Waals surface area contributed by atoms with Crippen LogP contribution in [0, 0.1) is 5.82 Å². The first kappa shape index (κ1) is 14.2. The lowest BCUT2D eigenvalue weighted by molar-refractivity contribution is 0.0950. The second-order valence-electron chi connectivity index (χ2n) is 3.90. The van der Waals surface area contributed by atoms with Gasteiger partial charge in [0.25, 0.3) is 5.91 Å². The van der Waals surface area contributed by atoms with Crippen LogP contribution in [0.1, 0.15) is 10.4 Å². The molecule has 2 rings (SSSR count). The maximum atomic E-state index is 13.5. The van der Waals surface area contributed by atoms with Crippen molar-refractivity contribution >= 4 is 45.4 Å². The summed E-state index contributed by atoms with van der Waals surface area (Å²) in [5.74, 6) is 2.52. The van der Waals surface area contributed by atoms with Crippen molar-refractivity contribution in [1.29, 1.82) is 0 Å². The maximum absolute atomic E-state index is 13.5. The van der Waals surface area contributed by atoms with E-state index in [-0.39, 0.29) is 11.5 Å². The van der Waals surface area contributed by atoms with Crippen molar-refractivity contribution in [2.45, 2.75) is 5.25 Å². The minimum atomic E-state index is -0.485. The number of hydrogen-bond acceptors (Lipinski definition) is 3. The summed E-state index contributed by atoms with van der Waals surface area (Å²) in [5, 5.41) is 3.24. The zero-order valence-corrected chi connectivity index (χ0v) is 12.8. The van der Waals surface area contributed by atoms with Gasteiger partial charge in [-0.25, -0.2) is 4.39 Å². The molecule has 0 saturated carbocycles. The van der Waals surface area contributed by atoms with Crippen LogP contribution in [-0.2, 0) is 0 Å². The number of halogens is 2. The molecule has 1 amide bonds. The SMILES string of the molecule is O=C(NCC1CSCCS1)c1cc(Br)ccc1F. The highest BCUT2D eigenvalue weighted by Gasteiger charge is 2.17. The first-order valence-electron chi connectivity index (χ1n) is 5.59. The molecular weight excluding hydrogens is 337 g/mol. The summed E-state index contributed by atoms with van der Waals surface area (Å²) in [6.45, 7) is 0.600. The molecule has 1 aliphatic heterocycles. The van der Waals surface area contributed by atoms with Crippen molar-refractivity contribution < 1.29 is 9.18 Å². The molecule has 1 N–H and O–H groups in total. The Morgan fingerprint density at radius 3 is 3.06 bits per heavy atom. The molecule has 1 aromatic rings. The van der Waals surface area contributed by atoms with Crippen LogP contribution in [-0.4, -0.2) is 35.0 Å². The zero-order valence-electron chi connectivity index (χ0n) is 9.62. The highest BCUT2D eigenvalue weighted by Crippen LogP contribution is 2.23. The van der Waals surface area contributed by atoms with E-state index in [0.29, 0.717) is 16.3 Å². The van der Waals surface area contributed by atoms with Gasteiger partial charge in [0.15, 0.2) is 0 Å². The number of carbonyl (C=O) groups is 1. The van der Waals surface area contributed by atoms with Gasteiger partial charge in [-0.1, -0.05) is 15.9 Å². The highest BCUT2D eigenvalue weighted by atomic mass is 79.9. The van der Waals surface area contributed by atoms with Crippen LogP contribution in [0.15, 0.2) is 22.7 Å². The van der Waals surface area contributed by atoms with Gasteiger partial charge in [0.1, 0.15) is 5.82 Å². The monoisotopic (exact) mass is 349 g/mol. The third kappa shape index (κ3) is 3.90. The van der Waals surface area contributed by atoms with E-state index < -0.39 is 5.82 Å². The predicted molar refractivity (Wildman–Crippen MR) is 80.0 cm³/mol. The normalized spacial score (nSPS) is 19.6. The molecule has 1 atom stereocenters. The molecule has 6 heteroatoms. The average molecular weight is 350 g/mol. The molecule has 1 heterocycles. The number of thioether (sulfide) groups is 2. The molecule has 1 aliphatic rings.